The molecule has 2 unspecified atom stereocenters. The van der Waals surface area contributed by atoms with E-state index >= 15 is 0 Å². The molecule has 0 aliphatic heterocycles. The first kappa shape index (κ1) is 24.3. The van der Waals surface area contributed by atoms with E-state index in [1.165, 1.54) is 0 Å². The van der Waals surface area contributed by atoms with Gasteiger partial charge in [0, 0.05) is 17.5 Å². The van der Waals surface area contributed by atoms with Gasteiger partial charge in [0.1, 0.15) is 12.1 Å². The number of aliphatic carboxylic acids is 1. The molecule has 0 spiro atoms. The van der Waals surface area contributed by atoms with Crippen molar-refractivity contribution in [1.82, 2.24) is 0 Å². The lowest BCUT2D eigenvalue weighted by molar-refractivity contribution is -0.155. The van der Waals surface area contributed by atoms with Crippen molar-refractivity contribution in [2.24, 2.45) is 10.4 Å². The first-order chi connectivity index (χ1) is 14.7. The Kier molecular flexibility index (Phi) is 8.98. The van der Waals surface area contributed by atoms with Crippen molar-refractivity contribution in [2.45, 2.75) is 65.5 Å². The number of esters is 1. The molecule has 2 aromatic rings. The molecule has 0 fully saturated rings. The summed E-state index contributed by atoms with van der Waals surface area (Å²) in [4.78, 5) is 29.0. The molecular weight excluding hydrogens is 390 g/mol. The quantitative estimate of drug-likeness (QED) is 0.403. The number of aliphatic imine (C=N–C) groups is 1. The number of nitrogens with zero attached hydrogens (tertiary/aromatic N) is 1. The predicted octanol–water partition coefficient (Wildman–Crippen LogP) is 5.52. The minimum atomic E-state index is -1.06. The van der Waals surface area contributed by atoms with Crippen LogP contribution in [-0.2, 0) is 14.3 Å². The summed E-state index contributed by atoms with van der Waals surface area (Å²) in [6.07, 6.45) is 1.59. The number of ether oxygens (including phenoxy) is 1. The van der Waals surface area contributed by atoms with Crippen molar-refractivity contribution in [3.05, 3.63) is 71.8 Å². The number of carboxylic acid groups (broad SMARTS) is 1. The lowest BCUT2D eigenvalue weighted by atomic mass is 9.86. The van der Waals surface area contributed by atoms with Crippen LogP contribution in [0.3, 0.4) is 0 Å². The Balaban J connectivity index is 2.20. The lowest BCUT2D eigenvalue weighted by Crippen LogP contribution is -2.32. The third-order valence-electron chi connectivity index (χ3n) is 5.08. The van der Waals surface area contributed by atoms with E-state index in [9.17, 15) is 14.7 Å². The first-order valence-corrected chi connectivity index (χ1v) is 10.8. The first-order valence-electron chi connectivity index (χ1n) is 10.8. The molecule has 31 heavy (non-hydrogen) atoms. The van der Waals surface area contributed by atoms with Crippen molar-refractivity contribution in [3.63, 3.8) is 0 Å². The van der Waals surface area contributed by atoms with E-state index < -0.39 is 12.0 Å². The number of carbonyl (C=O) groups is 2. The minimum Gasteiger partial charge on any atom is -0.480 e. The zero-order chi connectivity index (χ0) is 22.9. The van der Waals surface area contributed by atoms with Gasteiger partial charge in [0.15, 0.2) is 0 Å². The summed E-state index contributed by atoms with van der Waals surface area (Å²) in [5.74, 6) is -1.44. The Labute approximate surface area is 185 Å². The van der Waals surface area contributed by atoms with Gasteiger partial charge in [-0.2, -0.15) is 0 Å². The van der Waals surface area contributed by atoms with Gasteiger partial charge < -0.3 is 9.84 Å². The van der Waals surface area contributed by atoms with E-state index in [2.05, 4.69) is 11.9 Å². The molecule has 0 amide bonds. The van der Waals surface area contributed by atoms with Crippen LogP contribution < -0.4 is 0 Å². The topological polar surface area (TPSA) is 76.0 Å². The fourth-order valence-electron chi connectivity index (χ4n) is 3.31. The van der Waals surface area contributed by atoms with E-state index in [1.807, 2.05) is 81.4 Å². The van der Waals surface area contributed by atoms with Crippen LogP contribution in [0.25, 0.3) is 0 Å². The maximum atomic E-state index is 12.5. The number of carbonyl (C=O) groups excluding carboxylic acids is 1. The van der Waals surface area contributed by atoms with Crippen molar-refractivity contribution >= 4 is 17.7 Å². The normalized spacial score (nSPS) is 13.2. The molecule has 166 valence electrons. The molecule has 0 radical (unpaired) electrons. The van der Waals surface area contributed by atoms with Crippen molar-refractivity contribution in [3.8, 4) is 0 Å². The lowest BCUT2D eigenvalue weighted by Gasteiger charge is -2.30. The highest BCUT2D eigenvalue weighted by molar-refractivity contribution is 6.13. The zero-order valence-electron chi connectivity index (χ0n) is 18.9. The van der Waals surface area contributed by atoms with E-state index in [0.29, 0.717) is 5.71 Å². The van der Waals surface area contributed by atoms with Gasteiger partial charge in [-0.1, -0.05) is 94.8 Å². The molecule has 2 atom stereocenters. The highest BCUT2D eigenvalue weighted by atomic mass is 16.5. The summed E-state index contributed by atoms with van der Waals surface area (Å²) in [6, 6.07) is 17.9. The number of benzene rings is 2. The number of hydrogen-bond acceptors (Lipinski definition) is 4. The highest BCUT2D eigenvalue weighted by Crippen LogP contribution is 2.26. The van der Waals surface area contributed by atoms with Crippen molar-refractivity contribution in [1.29, 1.82) is 0 Å². The largest absolute Gasteiger partial charge is 0.480 e. The second-order valence-corrected chi connectivity index (χ2v) is 8.74. The molecule has 5 heteroatoms. The van der Waals surface area contributed by atoms with Crippen LogP contribution in [0.1, 0.15) is 64.5 Å². The fourth-order valence-corrected chi connectivity index (χ4v) is 3.31. The Morgan fingerprint density at radius 2 is 1.45 bits per heavy atom. The molecular formula is C26H33NO4. The van der Waals surface area contributed by atoms with E-state index in [4.69, 9.17) is 4.74 Å². The van der Waals surface area contributed by atoms with Crippen LogP contribution in [0.15, 0.2) is 65.7 Å². The molecule has 0 aliphatic rings. The van der Waals surface area contributed by atoms with Crippen molar-refractivity contribution < 1.29 is 19.4 Å². The minimum absolute atomic E-state index is 0.00756. The van der Waals surface area contributed by atoms with Gasteiger partial charge in [-0.15, -0.1) is 0 Å². The van der Waals surface area contributed by atoms with Gasteiger partial charge in [0.2, 0.25) is 0 Å². The molecule has 0 saturated carbocycles. The van der Waals surface area contributed by atoms with Gasteiger partial charge in [0.25, 0.3) is 0 Å². The molecule has 0 saturated heterocycles. The van der Waals surface area contributed by atoms with Gasteiger partial charge in [-0.25, -0.2) is 4.79 Å². The maximum absolute atomic E-state index is 12.5. The molecule has 2 rings (SSSR count). The predicted molar refractivity (Wildman–Crippen MR) is 123 cm³/mol. The summed E-state index contributed by atoms with van der Waals surface area (Å²) in [6.45, 7) is 8.17. The summed E-state index contributed by atoms with van der Waals surface area (Å²) in [5, 5.41) is 9.77. The Morgan fingerprint density at radius 1 is 0.935 bits per heavy atom. The zero-order valence-corrected chi connectivity index (χ0v) is 18.9. The molecule has 2 aromatic carbocycles. The van der Waals surface area contributed by atoms with Gasteiger partial charge in [0.05, 0.1) is 5.71 Å². The molecule has 0 aliphatic carbocycles. The average molecular weight is 424 g/mol. The van der Waals surface area contributed by atoms with Crippen LogP contribution in [-0.4, -0.2) is 34.9 Å². The molecule has 5 nitrogen and oxygen atoms in total. The van der Waals surface area contributed by atoms with Gasteiger partial charge in [-0.3, -0.25) is 9.79 Å². The van der Waals surface area contributed by atoms with Crippen LogP contribution in [0, 0.1) is 5.41 Å². The Bertz CT molecular complexity index is 828. The van der Waals surface area contributed by atoms with E-state index in [1.54, 1.807) is 0 Å². The molecule has 0 heterocycles. The summed E-state index contributed by atoms with van der Waals surface area (Å²) >= 11 is 0. The molecule has 0 bridgehead atoms. The summed E-state index contributed by atoms with van der Waals surface area (Å²) in [7, 11) is 0. The van der Waals surface area contributed by atoms with Crippen LogP contribution in [0.2, 0.25) is 0 Å². The number of hydrogen-bond donors (Lipinski definition) is 1. The maximum Gasteiger partial charge on any atom is 0.328 e. The van der Waals surface area contributed by atoms with Crippen LogP contribution in [0.5, 0.6) is 0 Å². The van der Waals surface area contributed by atoms with E-state index in [0.717, 1.165) is 24.0 Å². The number of carboxylic acids is 1. The monoisotopic (exact) mass is 423 g/mol. The standard InChI is InChI=1S/C26H33NO4/c1-5-12-22(26(2,3)4)31-23(28)18-17-21(25(29)30)27-24(19-13-8-6-9-14-19)20-15-10-7-11-16-20/h6-11,13-16,21-22H,5,12,17-18H2,1-4H3,(H,29,30). The Morgan fingerprint density at radius 3 is 1.87 bits per heavy atom. The molecule has 0 aromatic heterocycles. The second-order valence-electron chi connectivity index (χ2n) is 8.74. The third kappa shape index (κ3) is 7.67. The summed E-state index contributed by atoms with van der Waals surface area (Å²) in [5.41, 5.74) is 2.10. The van der Waals surface area contributed by atoms with Crippen LogP contribution >= 0.6 is 0 Å². The SMILES string of the molecule is CCCC(OC(=O)CCC(N=C(c1ccccc1)c1ccccc1)C(=O)O)C(C)(C)C. The number of rotatable bonds is 10. The Hall–Kier alpha value is -2.95. The van der Waals surface area contributed by atoms with Gasteiger partial charge >= 0.3 is 11.9 Å². The fraction of sp³-hybridized carbons (Fsp3) is 0.423. The average Bonchev–Trinajstić information content (AvgIpc) is 2.74. The molecule has 1 N–H and O–H groups in total. The highest BCUT2D eigenvalue weighted by Gasteiger charge is 2.28. The summed E-state index contributed by atoms with van der Waals surface area (Å²) < 4.78 is 5.68. The van der Waals surface area contributed by atoms with Gasteiger partial charge in [-0.05, 0) is 18.3 Å². The third-order valence-corrected chi connectivity index (χ3v) is 5.08. The van der Waals surface area contributed by atoms with E-state index in [-0.39, 0.29) is 30.3 Å². The smallest absolute Gasteiger partial charge is 0.328 e. The van der Waals surface area contributed by atoms with Crippen molar-refractivity contribution in [2.75, 3.05) is 0 Å². The van der Waals surface area contributed by atoms with Crippen LogP contribution in [0.4, 0.5) is 0 Å². The second kappa shape index (κ2) is 11.4.